The Labute approximate surface area is 122 Å². The summed E-state index contributed by atoms with van der Waals surface area (Å²) < 4.78 is 1.99. The van der Waals surface area contributed by atoms with Gasteiger partial charge >= 0.3 is 0 Å². The van der Waals surface area contributed by atoms with Crippen LogP contribution >= 0.6 is 0 Å². The van der Waals surface area contributed by atoms with Gasteiger partial charge in [-0.25, -0.2) is 4.68 Å². The van der Waals surface area contributed by atoms with E-state index in [-0.39, 0.29) is 0 Å². The Morgan fingerprint density at radius 2 is 1.75 bits per heavy atom. The Hall–Kier alpha value is -2.09. The van der Waals surface area contributed by atoms with Crippen LogP contribution in [0.15, 0.2) is 54.6 Å². The molecule has 0 aliphatic rings. The number of aryl methyl sites for hydroxylation is 1. The van der Waals surface area contributed by atoms with Gasteiger partial charge in [-0.15, -0.1) is 0 Å². The summed E-state index contributed by atoms with van der Waals surface area (Å²) in [6.45, 7) is 10.1. The molecule has 0 atom stereocenters. The second kappa shape index (κ2) is 8.16. The van der Waals surface area contributed by atoms with E-state index >= 15 is 0 Å². The highest BCUT2D eigenvalue weighted by atomic mass is 15.3. The summed E-state index contributed by atoms with van der Waals surface area (Å²) >= 11 is 0. The van der Waals surface area contributed by atoms with E-state index in [9.17, 15) is 0 Å². The third-order valence-corrected chi connectivity index (χ3v) is 2.78. The van der Waals surface area contributed by atoms with E-state index in [1.165, 1.54) is 5.56 Å². The van der Waals surface area contributed by atoms with Crippen LogP contribution < -0.4 is 0 Å². The Morgan fingerprint density at radius 1 is 1.10 bits per heavy atom. The molecule has 2 heteroatoms. The first-order valence-corrected chi connectivity index (χ1v) is 7.17. The van der Waals surface area contributed by atoms with Gasteiger partial charge in [0.25, 0.3) is 0 Å². The zero-order valence-corrected chi connectivity index (χ0v) is 13.1. The minimum atomic E-state index is 1.03. The molecule has 0 saturated heterocycles. The highest BCUT2D eigenvalue weighted by Gasteiger charge is 2.09. The largest absolute Gasteiger partial charge is 0.233 e. The molecule has 0 amide bonds. The lowest BCUT2D eigenvalue weighted by Gasteiger charge is -2.08. The Morgan fingerprint density at radius 3 is 2.30 bits per heavy atom. The molecule has 1 aromatic carbocycles. The maximum absolute atomic E-state index is 4.57. The van der Waals surface area contributed by atoms with E-state index in [1.54, 1.807) is 0 Å². The number of hydrogen-bond acceptors (Lipinski definition) is 1. The molecule has 0 bridgehead atoms. The summed E-state index contributed by atoms with van der Waals surface area (Å²) in [5.41, 5.74) is 4.42. The van der Waals surface area contributed by atoms with Crippen molar-refractivity contribution < 1.29 is 0 Å². The van der Waals surface area contributed by atoms with Crippen molar-refractivity contribution in [1.29, 1.82) is 0 Å². The third kappa shape index (κ3) is 3.70. The van der Waals surface area contributed by atoms with Gasteiger partial charge in [0.2, 0.25) is 0 Å². The molecular weight excluding hydrogens is 244 g/mol. The van der Waals surface area contributed by atoms with Crippen LogP contribution in [0.1, 0.15) is 33.4 Å². The Balaban J connectivity index is 0.000000956. The molecule has 0 saturated carbocycles. The quantitative estimate of drug-likeness (QED) is 0.689. The van der Waals surface area contributed by atoms with Gasteiger partial charge in [0.15, 0.2) is 0 Å². The van der Waals surface area contributed by atoms with Crippen molar-refractivity contribution in [3.63, 3.8) is 0 Å². The van der Waals surface area contributed by atoms with Crippen LogP contribution in [-0.2, 0) is 0 Å². The number of aromatic nitrogens is 2. The van der Waals surface area contributed by atoms with Crippen LogP contribution in [0.25, 0.3) is 17.0 Å². The molecule has 1 aromatic heterocycles. The summed E-state index contributed by atoms with van der Waals surface area (Å²) in [7, 11) is 0. The predicted molar refractivity (Wildman–Crippen MR) is 88.5 cm³/mol. The molecule has 0 spiro atoms. The first kappa shape index (κ1) is 16.0. The molecule has 2 nitrogen and oxygen atoms in total. The average Bonchev–Trinajstić information content (AvgIpc) is 2.89. The topological polar surface area (TPSA) is 17.8 Å². The van der Waals surface area contributed by atoms with Crippen molar-refractivity contribution in [2.24, 2.45) is 0 Å². The van der Waals surface area contributed by atoms with Gasteiger partial charge in [-0.1, -0.05) is 56.3 Å². The lowest BCUT2D eigenvalue weighted by Crippen LogP contribution is -1.99. The summed E-state index contributed by atoms with van der Waals surface area (Å²) in [5, 5.41) is 4.57. The van der Waals surface area contributed by atoms with Gasteiger partial charge in [0, 0.05) is 5.56 Å². The first-order chi connectivity index (χ1) is 9.76. The van der Waals surface area contributed by atoms with Gasteiger partial charge in [-0.3, -0.25) is 0 Å². The van der Waals surface area contributed by atoms with Crippen LogP contribution in [0.3, 0.4) is 0 Å². The van der Waals surface area contributed by atoms with Crippen molar-refractivity contribution in [3.8, 4) is 11.3 Å². The molecule has 0 aliphatic carbocycles. The molecule has 106 valence electrons. The number of nitrogens with zero attached hydrogens (tertiary/aromatic N) is 2. The van der Waals surface area contributed by atoms with Gasteiger partial charge in [-0.2, -0.15) is 5.10 Å². The monoisotopic (exact) mass is 268 g/mol. The second-order valence-electron chi connectivity index (χ2n) is 4.16. The molecule has 0 radical (unpaired) electrons. The smallest absolute Gasteiger partial charge is 0.0743 e. The van der Waals surface area contributed by atoms with Crippen molar-refractivity contribution in [2.45, 2.75) is 34.6 Å². The summed E-state index contributed by atoms with van der Waals surface area (Å²) in [5.74, 6) is 0. The van der Waals surface area contributed by atoms with Crippen molar-refractivity contribution in [3.05, 3.63) is 60.3 Å². The van der Waals surface area contributed by atoms with Crippen LogP contribution in [-0.4, -0.2) is 9.78 Å². The maximum atomic E-state index is 4.57. The zero-order valence-electron chi connectivity index (χ0n) is 13.1. The molecule has 0 aliphatic heterocycles. The number of rotatable bonds is 3. The van der Waals surface area contributed by atoms with Crippen LogP contribution in [0, 0.1) is 6.92 Å². The van der Waals surface area contributed by atoms with Crippen molar-refractivity contribution in [1.82, 2.24) is 9.78 Å². The molecule has 20 heavy (non-hydrogen) atoms. The fourth-order valence-corrected chi connectivity index (χ4v) is 1.97. The van der Waals surface area contributed by atoms with E-state index in [0.29, 0.717) is 0 Å². The van der Waals surface area contributed by atoms with Gasteiger partial charge in [0.1, 0.15) is 0 Å². The SMILES string of the molecule is C/C=C\C(=C/C)n1nc(C)cc1-c1ccccc1.CC. The van der Waals surface area contributed by atoms with Crippen LogP contribution in [0.4, 0.5) is 0 Å². The number of allylic oxidation sites excluding steroid dienone is 4. The zero-order chi connectivity index (χ0) is 15.0. The predicted octanol–water partition coefficient (Wildman–Crippen LogP) is 5.32. The highest BCUT2D eigenvalue weighted by Crippen LogP contribution is 2.23. The standard InChI is InChI=1S/C16H18N2.C2H6/c1-4-9-15(5-2)18-16(12-13(3)17-18)14-10-7-6-8-11-14;1-2/h4-12H,1-3H3;1-2H3/b9-4-,15-5+;. The number of hydrogen-bond donors (Lipinski definition) is 0. The van der Waals surface area contributed by atoms with E-state index < -0.39 is 0 Å². The summed E-state index contributed by atoms with van der Waals surface area (Å²) in [6.07, 6.45) is 6.17. The fourth-order valence-electron chi connectivity index (χ4n) is 1.97. The minimum absolute atomic E-state index is 1.03. The molecule has 0 fully saturated rings. The van der Waals surface area contributed by atoms with Gasteiger partial charge in [-0.05, 0) is 32.9 Å². The average molecular weight is 268 g/mol. The lowest BCUT2D eigenvalue weighted by molar-refractivity contribution is 0.894. The first-order valence-electron chi connectivity index (χ1n) is 7.17. The van der Waals surface area contributed by atoms with Crippen LogP contribution in [0.2, 0.25) is 0 Å². The summed E-state index contributed by atoms with van der Waals surface area (Å²) in [6, 6.07) is 12.5. The molecule has 2 rings (SSSR count). The molecule has 0 unspecified atom stereocenters. The van der Waals surface area contributed by atoms with E-state index in [2.05, 4.69) is 35.4 Å². The maximum Gasteiger partial charge on any atom is 0.0743 e. The second-order valence-corrected chi connectivity index (χ2v) is 4.16. The Bertz CT molecular complexity index is 575. The van der Waals surface area contributed by atoms with Crippen molar-refractivity contribution in [2.75, 3.05) is 0 Å². The van der Waals surface area contributed by atoms with Gasteiger partial charge < -0.3 is 0 Å². The molecule has 0 N–H and O–H groups in total. The summed E-state index contributed by atoms with van der Waals surface area (Å²) in [4.78, 5) is 0. The lowest BCUT2D eigenvalue weighted by atomic mass is 10.1. The van der Waals surface area contributed by atoms with E-state index in [0.717, 1.165) is 17.1 Å². The van der Waals surface area contributed by atoms with E-state index in [1.807, 2.05) is 63.6 Å². The molecular formula is C18H24N2. The van der Waals surface area contributed by atoms with E-state index in [4.69, 9.17) is 0 Å². The van der Waals surface area contributed by atoms with Gasteiger partial charge in [0.05, 0.1) is 17.1 Å². The minimum Gasteiger partial charge on any atom is -0.233 e. The number of benzene rings is 1. The Kier molecular flexibility index (Phi) is 6.51. The normalized spacial score (nSPS) is 11.3. The molecule has 2 aromatic rings. The van der Waals surface area contributed by atoms with Crippen LogP contribution in [0.5, 0.6) is 0 Å². The molecule has 1 heterocycles. The highest BCUT2D eigenvalue weighted by molar-refractivity contribution is 5.68. The third-order valence-electron chi connectivity index (χ3n) is 2.78. The fraction of sp³-hybridized carbons (Fsp3) is 0.278. The van der Waals surface area contributed by atoms with Crippen molar-refractivity contribution >= 4 is 5.70 Å².